The Morgan fingerprint density at radius 3 is 2.61 bits per heavy atom. The number of rotatable bonds is 8. The predicted molar refractivity (Wildman–Crippen MR) is 76.8 cm³/mol. The Morgan fingerprint density at radius 1 is 1.33 bits per heavy atom. The van der Waals surface area contributed by atoms with Gasteiger partial charge < -0.3 is 20.7 Å². The molecule has 4 nitrogen and oxygen atoms in total. The van der Waals surface area contributed by atoms with Crippen molar-refractivity contribution >= 4 is 0 Å². The van der Waals surface area contributed by atoms with E-state index < -0.39 is 0 Å². The van der Waals surface area contributed by atoms with Crippen molar-refractivity contribution in [2.24, 2.45) is 5.73 Å². The lowest BCUT2D eigenvalue weighted by Gasteiger charge is -2.41. The van der Waals surface area contributed by atoms with Crippen molar-refractivity contribution in [3.8, 4) is 0 Å². The van der Waals surface area contributed by atoms with E-state index in [1.807, 2.05) is 0 Å². The van der Waals surface area contributed by atoms with Gasteiger partial charge in [0, 0.05) is 31.8 Å². The Morgan fingerprint density at radius 2 is 2.06 bits per heavy atom. The van der Waals surface area contributed by atoms with E-state index >= 15 is 0 Å². The van der Waals surface area contributed by atoms with Crippen molar-refractivity contribution in [3.05, 3.63) is 0 Å². The summed E-state index contributed by atoms with van der Waals surface area (Å²) in [6.45, 7) is 12.5. The summed E-state index contributed by atoms with van der Waals surface area (Å²) in [5.41, 5.74) is 6.11. The van der Waals surface area contributed by atoms with Gasteiger partial charge in [-0.2, -0.15) is 0 Å². The van der Waals surface area contributed by atoms with Crippen LogP contribution in [0.25, 0.3) is 0 Å². The summed E-state index contributed by atoms with van der Waals surface area (Å²) in [5, 5.41) is 3.70. The molecule has 1 aliphatic rings. The summed E-state index contributed by atoms with van der Waals surface area (Å²) in [6.07, 6.45) is 3.55. The maximum absolute atomic E-state index is 6.01. The van der Waals surface area contributed by atoms with Crippen LogP contribution in [0.2, 0.25) is 0 Å². The standard InChI is InChI=1S/C14H31N3O/c1-4-13-11-14(12-15,7-10-18-13)16-8-9-17(5-2)6-3/h13,16H,4-12,15H2,1-3H3. The Bertz CT molecular complexity index is 221. The zero-order valence-corrected chi connectivity index (χ0v) is 12.4. The number of nitrogens with one attached hydrogen (secondary N) is 1. The number of nitrogens with two attached hydrogens (primary N) is 1. The second-order valence-corrected chi connectivity index (χ2v) is 5.29. The summed E-state index contributed by atoms with van der Waals surface area (Å²) in [5.74, 6) is 0. The first kappa shape index (κ1) is 15.9. The smallest absolute Gasteiger partial charge is 0.0590 e. The van der Waals surface area contributed by atoms with Crippen LogP contribution in [0.3, 0.4) is 0 Å². The van der Waals surface area contributed by atoms with Crippen LogP contribution in [-0.4, -0.2) is 55.9 Å². The average Bonchev–Trinajstić information content (AvgIpc) is 2.44. The van der Waals surface area contributed by atoms with Crippen LogP contribution in [0.1, 0.15) is 40.0 Å². The summed E-state index contributed by atoms with van der Waals surface area (Å²) < 4.78 is 5.75. The minimum Gasteiger partial charge on any atom is -0.378 e. The molecule has 2 atom stereocenters. The SMILES string of the molecule is CCC1CC(CN)(NCCN(CC)CC)CCO1. The number of ether oxygens (including phenoxy) is 1. The highest BCUT2D eigenvalue weighted by Gasteiger charge is 2.34. The van der Waals surface area contributed by atoms with Crippen LogP contribution in [0.4, 0.5) is 0 Å². The third-order valence-corrected chi connectivity index (χ3v) is 4.22. The zero-order chi connectivity index (χ0) is 13.4. The molecule has 0 saturated carbocycles. The maximum Gasteiger partial charge on any atom is 0.0590 e. The molecule has 1 saturated heterocycles. The van der Waals surface area contributed by atoms with E-state index in [1.54, 1.807) is 0 Å². The van der Waals surface area contributed by atoms with Crippen molar-refractivity contribution in [1.29, 1.82) is 0 Å². The molecule has 0 spiro atoms. The van der Waals surface area contributed by atoms with Crippen molar-refractivity contribution in [1.82, 2.24) is 10.2 Å². The molecule has 0 bridgehead atoms. The van der Waals surface area contributed by atoms with Crippen LogP contribution in [-0.2, 0) is 4.74 Å². The van der Waals surface area contributed by atoms with Crippen molar-refractivity contribution in [3.63, 3.8) is 0 Å². The van der Waals surface area contributed by atoms with Gasteiger partial charge in [-0.15, -0.1) is 0 Å². The molecule has 0 aromatic carbocycles. The molecule has 0 amide bonds. The van der Waals surface area contributed by atoms with Crippen molar-refractivity contribution in [2.45, 2.75) is 51.7 Å². The van der Waals surface area contributed by atoms with E-state index in [4.69, 9.17) is 10.5 Å². The van der Waals surface area contributed by atoms with Crippen molar-refractivity contribution < 1.29 is 4.74 Å². The topological polar surface area (TPSA) is 50.5 Å². The van der Waals surface area contributed by atoms with Crippen LogP contribution in [0.15, 0.2) is 0 Å². The molecule has 0 aromatic rings. The average molecular weight is 257 g/mol. The van der Waals surface area contributed by atoms with E-state index in [1.165, 1.54) is 0 Å². The summed E-state index contributed by atoms with van der Waals surface area (Å²) in [6, 6.07) is 0. The molecule has 1 rings (SSSR count). The highest BCUT2D eigenvalue weighted by atomic mass is 16.5. The van der Waals surface area contributed by atoms with E-state index in [2.05, 4.69) is 31.0 Å². The molecular formula is C14H31N3O. The maximum atomic E-state index is 6.01. The molecule has 108 valence electrons. The van der Waals surface area contributed by atoms with Gasteiger partial charge in [-0.3, -0.25) is 0 Å². The molecule has 1 aliphatic heterocycles. The van der Waals surface area contributed by atoms with Gasteiger partial charge in [-0.05, 0) is 32.4 Å². The minimum absolute atomic E-state index is 0.103. The second-order valence-electron chi connectivity index (χ2n) is 5.29. The fourth-order valence-corrected chi connectivity index (χ4v) is 2.72. The lowest BCUT2D eigenvalue weighted by molar-refractivity contribution is -0.0282. The Labute approximate surface area is 112 Å². The third-order valence-electron chi connectivity index (χ3n) is 4.22. The first-order chi connectivity index (χ1) is 8.69. The van der Waals surface area contributed by atoms with Gasteiger partial charge in [0.15, 0.2) is 0 Å². The van der Waals surface area contributed by atoms with Gasteiger partial charge in [-0.25, -0.2) is 0 Å². The van der Waals surface area contributed by atoms with E-state index in [-0.39, 0.29) is 5.54 Å². The first-order valence-corrected chi connectivity index (χ1v) is 7.48. The lowest BCUT2D eigenvalue weighted by atomic mass is 9.86. The molecule has 1 heterocycles. The molecular weight excluding hydrogens is 226 g/mol. The molecule has 0 aromatic heterocycles. The lowest BCUT2D eigenvalue weighted by Crippen LogP contribution is -2.57. The van der Waals surface area contributed by atoms with Gasteiger partial charge in [0.2, 0.25) is 0 Å². The zero-order valence-electron chi connectivity index (χ0n) is 12.4. The van der Waals surface area contributed by atoms with Crippen LogP contribution in [0.5, 0.6) is 0 Å². The molecule has 1 fully saturated rings. The predicted octanol–water partition coefficient (Wildman–Crippen LogP) is 1.20. The molecule has 18 heavy (non-hydrogen) atoms. The van der Waals surface area contributed by atoms with E-state index in [0.29, 0.717) is 12.6 Å². The van der Waals surface area contributed by atoms with E-state index in [9.17, 15) is 0 Å². The van der Waals surface area contributed by atoms with Crippen molar-refractivity contribution in [2.75, 3.05) is 39.3 Å². The molecule has 2 unspecified atom stereocenters. The largest absolute Gasteiger partial charge is 0.378 e. The normalized spacial score (nSPS) is 28.8. The highest BCUT2D eigenvalue weighted by molar-refractivity contribution is 4.94. The van der Waals surface area contributed by atoms with E-state index in [0.717, 1.165) is 52.0 Å². The summed E-state index contributed by atoms with van der Waals surface area (Å²) in [4.78, 5) is 2.44. The number of hydrogen-bond acceptors (Lipinski definition) is 4. The number of hydrogen-bond donors (Lipinski definition) is 2. The Balaban J connectivity index is 2.40. The van der Waals surface area contributed by atoms with Gasteiger partial charge in [0.05, 0.1) is 6.10 Å². The van der Waals surface area contributed by atoms with Gasteiger partial charge in [-0.1, -0.05) is 20.8 Å². The van der Waals surface area contributed by atoms with Crippen LogP contribution < -0.4 is 11.1 Å². The summed E-state index contributed by atoms with van der Waals surface area (Å²) in [7, 11) is 0. The fraction of sp³-hybridized carbons (Fsp3) is 1.00. The number of likely N-dealkylation sites (N-methyl/N-ethyl adjacent to an activating group) is 1. The number of nitrogens with zero attached hydrogens (tertiary/aromatic N) is 1. The first-order valence-electron chi connectivity index (χ1n) is 7.48. The molecule has 3 N–H and O–H groups in total. The Kier molecular flexibility index (Phi) is 7.15. The molecule has 4 heteroatoms. The van der Waals surface area contributed by atoms with Gasteiger partial charge in [0.25, 0.3) is 0 Å². The quantitative estimate of drug-likeness (QED) is 0.686. The van der Waals surface area contributed by atoms with Gasteiger partial charge in [0.1, 0.15) is 0 Å². The minimum atomic E-state index is 0.103. The second kappa shape index (κ2) is 8.10. The highest BCUT2D eigenvalue weighted by Crippen LogP contribution is 2.25. The third kappa shape index (κ3) is 4.50. The summed E-state index contributed by atoms with van der Waals surface area (Å²) >= 11 is 0. The monoisotopic (exact) mass is 257 g/mol. The molecule has 0 radical (unpaired) electrons. The Hall–Kier alpha value is -0.160. The molecule has 0 aliphatic carbocycles. The fourth-order valence-electron chi connectivity index (χ4n) is 2.72. The van der Waals surface area contributed by atoms with Crippen LogP contribution in [0, 0.1) is 0 Å². The van der Waals surface area contributed by atoms with Crippen LogP contribution >= 0.6 is 0 Å². The van der Waals surface area contributed by atoms with Gasteiger partial charge >= 0.3 is 0 Å².